The fourth-order valence-electron chi connectivity index (χ4n) is 3.72. The van der Waals surface area contributed by atoms with Crippen molar-refractivity contribution < 1.29 is 9.31 Å². The zero-order valence-electron chi connectivity index (χ0n) is 16.5. The fourth-order valence-corrected chi connectivity index (χ4v) is 3.72. The monoisotopic (exact) mass is 417 g/mol. The molecule has 12 heteroatoms. The van der Waals surface area contributed by atoms with Crippen molar-refractivity contribution in [1.29, 1.82) is 0 Å². The molecule has 11 nitrogen and oxygen atoms in total. The maximum atomic E-state index is 14.6. The minimum atomic E-state index is -0.751. The summed E-state index contributed by atoms with van der Waals surface area (Å²) >= 11 is 0. The largest absolute Gasteiger partial charge is 0.340 e. The lowest BCUT2D eigenvalue weighted by atomic mass is 10.1. The van der Waals surface area contributed by atoms with Gasteiger partial charge in [-0.2, -0.15) is 4.98 Å². The van der Waals surface area contributed by atoms with Gasteiger partial charge in [0.2, 0.25) is 5.95 Å². The molecule has 0 unspecified atom stereocenters. The van der Waals surface area contributed by atoms with E-state index in [2.05, 4.69) is 10.3 Å². The second kappa shape index (κ2) is 7.37. The SMILES string of the molecule is Cn1c(=O)c2c(nc(N3CCNCC3)n2Cc2c(F)cccc2[N+](=O)[O-])n(C)c1=O. The zero-order valence-corrected chi connectivity index (χ0v) is 16.5. The number of piperazine rings is 1. The lowest BCUT2D eigenvalue weighted by Crippen LogP contribution is -2.44. The Morgan fingerprint density at radius 2 is 1.90 bits per heavy atom. The van der Waals surface area contributed by atoms with Gasteiger partial charge in [0.1, 0.15) is 5.82 Å². The lowest BCUT2D eigenvalue weighted by molar-refractivity contribution is -0.385. The molecular formula is C18H20FN7O4. The van der Waals surface area contributed by atoms with Gasteiger partial charge < -0.3 is 10.2 Å². The molecule has 30 heavy (non-hydrogen) atoms. The van der Waals surface area contributed by atoms with Crippen molar-refractivity contribution in [2.24, 2.45) is 14.1 Å². The minimum Gasteiger partial charge on any atom is -0.340 e. The number of fused-ring (bicyclic) bond motifs is 1. The summed E-state index contributed by atoms with van der Waals surface area (Å²) in [6.45, 7) is 2.25. The standard InChI is InChI=1S/C18H20FN7O4/c1-22-15-14(16(27)23(2)18(22)28)25(17(21-15)24-8-6-20-7-9-24)10-11-12(19)4-3-5-13(11)26(29)30/h3-5,20H,6-10H2,1-2H3. The van der Waals surface area contributed by atoms with Crippen LogP contribution in [0.15, 0.2) is 27.8 Å². The van der Waals surface area contributed by atoms with Crippen molar-refractivity contribution in [3.63, 3.8) is 0 Å². The highest BCUT2D eigenvalue weighted by atomic mass is 19.1. The molecule has 3 heterocycles. The predicted molar refractivity (Wildman–Crippen MR) is 107 cm³/mol. The van der Waals surface area contributed by atoms with Gasteiger partial charge in [0.25, 0.3) is 11.2 Å². The average Bonchev–Trinajstić information content (AvgIpc) is 3.12. The van der Waals surface area contributed by atoms with E-state index in [4.69, 9.17) is 0 Å². The van der Waals surface area contributed by atoms with Gasteiger partial charge in [-0.05, 0) is 6.07 Å². The second-order valence-electron chi connectivity index (χ2n) is 7.11. The van der Waals surface area contributed by atoms with E-state index in [0.717, 1.165) is 10.6 Å². The Kier molecular flexibility index (Phi) is 4.86. The van der Waals surface area contributed by atoms with Gasteiger partial charge >= 0.3 is 5.69 Å². The third kappa shape index (κ3) is 3.05. The average molecular weight is 417 g/mol. The number of hydrogen-bond acceptors (Lipinski definition) is 7. The molecule has 158 valence electrons. The van der Waals surface area contributed by atoms with Gasteiger partial charge in [-0.15, -0.1) is 0 Å². The van der Waals surface area contributed by atoms with Crippen LogP contribution in [-0.4, -0.2) is 49.8 Å². The lowest BCUT2D eigenvalue weighted by Gasteiger charge is -2.28. The Hall–Kier alpha value is -3.54. The highest BCUT2D eigenvalue weighted by Crippen LogP contribution is 2.27. The number of aromatic nitrogens is 4. The molecular weight excluding hydrogens is 397 g/mol. The summed E-state index contributed by atoms with van der Waals surface area (Å²) < 4.78 is 18.3. The van der Waals surface area contributed by atoms with Crippen molar-refractivity contribution in [3.05, 3.63) is 60.5 Å². The number of hydrogen-bond donors (Lipinski definition) is 1. The van der Waals surface area contributed by atoms with Crippen molar-refractivity contribution >= 4 is 22.8 Å². The summed E-state index contributed by atoms with van der Waals surface area (Å²) in [5.74, 6) is -0.388. The Morgan fingerprint density at radius 3 is 2.57 bits per heavy atom. The first kappa shape index (κ1) is 19.8. The molecule has 2 aromatic heterocycles. The molecule has 3 aromatic rings. The summed E-state index contributed by atoms with van der Waals surface area (Å²) in [5, 5.41) is 14.7. The quantitative estimate of drug-likeness (QED) is 0.466. The van der Waals surface area contributed by atoms with Crippen LogP contribution >= 0.6 is 0 Å². The minimum absolute atomic E-state index is 0.0886. The molecule has 0 spiro atoms. The molecule has 0 saturated carbocycles. The number of nitrogens with one attached hydrogen (secondary N) is 1. The molecule has 4 rings (SSSR count). The van der Waals surface area contributed by atoms with E-state index in [9.17, 15) is 24.1 Å². The Labute approximate surface area is 169 Å². The van der Waals surface area contributed by atoms with Crippen molar-refractivity contribution in [2.45, 2.75) is 6.54 Å². The van der Waals surface area contributed by atoms with Crippen molar-refractivity contribution in [3.8, 4) is 0 Å². The number of aryl methyl sites for hydroxylation is 1. The zero-order chi connectivity index (χ0) is 21.6. The fraction of sp³-hybridized carbons (Fsp3) is 0.389. The topological polar surface area (TPSA) is 120 Å². The van der Waals surface area contributed by atoms with E-state index in [1.807, 2.05) is 4.90 Å². The number of nitrogens with zero attached hydrogens (tertiary/aromatic N) is 6. The number of nitro groups is 1. The molecule has 0 amide bonds. The van der Waals surface area contributed by atoms with E-state index < -0.39 is 22.0 Å². The van der Waals surface area contributed by atoms with Gasteiger partial charge in [-0.25, -0.2) is 9.18 Å². The van der Waals surface area contributed by atoms with Crippen LogP contribution in [0.5, 0.6) is 0 Å². The summed E-state index contributed by atoms with van der Waals surface area (Å²) in [6.07, 6.45) is 0. The number of anilines is 1. The normalized spacial score (nSPS) is 14.4. The van der Waals surface area contributed by atoms with Crippen LogP contribution in [0.1, 0.15) is 5.56 Å². The third-order valence-corrected chi connectivity index (χ3v) is 5.33. The predicted octanol–water partition coefficient (Wildman–Crippen LogP) is -0.0611. The smallest absolute Gasteiger partial charge is 0.332 e. The molecule has 0 atom stereocenters. The van der Waals surface area contributed by atoms with Crippen LogP contribution < -0.4 is 21.5 Å². The van der Waals surface area contributed by atoms with Gasteiger partial charge in [0.05, 0.1) is 17.0 Å². The van der Waals surface area contributed by atoms with Gasteiger partial charge in [0, 0.05) is 46.3 Å². The first-order valence-electron chi connectivity index (χ1n) is 9.35. The molecule has 1 saturated heterocycles. The Balaban J connectivity index is 2.02. The van der Waals surface area contributed by atoms with Gasteiger partial charge in [-0.1, -0.05) is 6.07 Å². The molecule has 1 aliphatic rings. The molecule has 1 aromatic carbocycles. The molecule has 0 radical (unpaired) electrons. The van der Waals surface area contributed by atoms with Crippen molar-refractivity contribution in [2.75, 3.05) is 31.1 Å². The van der Waals surface area contributed by atoms with Gasteiger partial charge in [0.15, 0.2) is 11.2 Å². The molecule has 0 aliphatic carbocycles. The third-order valence-electron chi connectivity index (χ3n) is 5.33. The molecule has 1 fully saturated rings. The van der Waals surface area contributed by atoms with E-state index in [-0.39, 0.29) is 29.0 Å². The molecule has 1 N–H and O–H groups in total. The summed E-state index contributed by atoms with van der Waals surface area (Å²) in [6, 6.07) is 3.62. The van der Waals surface area contributed by atoms with E-state index in [1.54, 1.807) is 0 Å². The van der Waals surface area contributed by atoms with Crippen LogP contribution in [0.2, 0.25) is 0 Å². The first-order valence-corrected chi connectivity index (χ1v) is 9.35. The van der Waals surface area contributed by atoms with Crippen molar-refractivity contribution in [1.82, 2.24) is 24.0 Å². The number of rotatable bonds is 4. The number of halogens is 1. The number of imidazole rings is 1. The summed E-state index contributed by atoms with van der Waals surface area (Å²) in [7, 11) is 2.84. The maximum absolute atomic E-state index is 14.6. The second-order valence-corrected chi connectivity index (χ2v) is 7.11. The van der Waals surface area contributed by atoms with E-state index in [0.29, 0.717) is 32.1 Å². The van der Waals surface area contributed by atoms with Crippen LogP contribution in [-0.2, 0) is 20.6 Å². The summed E-state index contributed by atoms with van der Waals surface area (Å²) in [4.78, 5) is 42.5. The maximum Gasteiger partial charge on any atom is 0.332 e. The summed E-state index contributed by atoms with van der Waals surface area (Å²) in [5.41, 5.74) is -1.44. The highest BCUT2D eigenvalue weighted by molar-refractivity contribution is 5.75. The van der Waals surface area contributed by atoms with Crippen LogP contribution in [0.25, 0.3) is 11.2 Å². The van der Waals surface area contributed by atoms with Crippen LogP contribution in [0, 0.1) is 15.9 Å². The Morgan fingerprint density at radius 1 is 1.20 bits per heavy atom. The number of nitro benzene ring substituents is 1. The molecule has 1 aliphatic heterocycles. The van der Waals surface area contributed by atoms with Crippen LogP contribution in [0.4, 0.5) is 16.0 Å². The highest BCUT2D eigenvalue weighted by Gasteiger charge is 2.27. The van der Waals surface area contributed by atoms with E-state index >= 15 is 0 Å². The first-order chi connectivity index (χ1) is 14.3. The van der Waals surface area contributed by atoms with Crippen LogP contribution in [0.3, 0.4) is 0 Å². The Bertz CT molecular complexity index is 1270. The molecule has 0 bridgehead atoms. The number of benzene rings is 1. The van der Waals surface area contributed by atoms with E-state index in [1.165, 1.54) is 35.4 Å². The van der Waals surface area contributed by atoms with Gasteiger partial charge in [-0.3, -0.25) is 28.6 Å².